The first-order valence-corrected chi connectivity index (χ1v) is 13.1. The van der Waals surface area contributed by atoms with Crippen LogP contribution in [0.2, 0.25) is 0 Å². The van der Waals surface area contributed by atoms with Crippen LogP contribution in [0.25, 0.3) is 0 Å². The van der Waals surface area contributed by atoms with Crippen LogP contribution in [0.5, 0.6) is 0 Å². The molecule has 1 saturated carbocycles. The van der Waals surface area contributed by atoms with E-state index in [0.29, 0.717) is 6.04 Å². The van der Waals surface area contributed by atoms with E-state index in [-0.39, 0.29) is 11.2 Å². The van der Waals surface area contributed by atoms with E-state index < -0.39 is 0 Å². The number of hydrogen-bond donors (Lipinski definition) is 0. The quantitative estimate of drug-likeness (QED) is 0.545. The topological polar surface area (TPSA) is 54.3 Å². The van der Waals surface area contributed by atoms with E-state index in [9.17, 15) is 4.79 Å². The number of rotatable bonds is 8. The standard InChI is InChI=1S/C25H37N5OS/c1-20(24(31)28(2)22-14-8-4-9-15-22)32-25-27-26-23(19-29-16-10-5-11-17-29)30(25)18-21-12-6-3-7-13-21/h3,6-7,12-13,20,22H,4-5,8-11,14-19H2,1-2H3. The Balaban J connectivity index is 1.49. The maximum Gasteiger partial charge on any atom is 0.235 e. The van der Waals surface area contributed by atoms with Crippen molar-refractivity contribution in [2.75, 3.05) is 20.1 Å². The summed E-state index contributed by atoms with van der Waals surface area (Å²) in [6, 6.07) is 10.9. The summed E-state index contributed by atoms with van der Waals surface area (Å²) in [4.78, 5) is 17.6. The molecule has 32 heavy (non-hydrogen) atoms. The molecule has 1 unspecified atom stereocenters. The molecular weight excluding hydrogens is 418 g/mol. The van der Waals surface area contributed by atoms with Gasteiger partial charge in [-0.2, -0.15) is 0 Å². The van der Waals surface area contributed by atoms with Crippen LogP contribution in [0.3, 0.4) is 0 Å². The van der Waals surface area contributed by atoms with Crippen LogP contribution < -0.4 is 0 Å². The molecule has 2 heterocycles. The summed E-state index contributed by atoms with van der Waals surface area (Å²) in [7, 11) is 1.98. The summed E-state index contributed by atoms with van der Waals surface area (Å²) in [5.74, 6) is 1.20. The zero-order chi connectivity index (χ0) is 22.3. The number of carbonyl (C=O) groups is 1. The van der Waals surface area contributed by atoms with Gasteiger partial charge in [0.25, 0.3) is 0 Å². The summed E-state index contributed by atoms with van der Waals surface area (Å²) < 4.78 is 2.22. The highest BCUT2D eigenvalue weighted by atomic mass is 32.2. The Bertz CT molecular complexity index is 858. The fourth-order valence-electron chi connectivity index (χ4n) is 4.91. The first kappa shape index (κ1) is 23.3. The first-order chi connectivity index (χ1) is 15.6. The van der Waals surface area contributed by atoms with Crippen LogP contribution in [-0.2, 0) is 17.9 Å². The summed E-state index contributed by atoms with van der Waals surface area (Å²) >= 11 is 1.55. The van der Waals surface area contributed by atoms with Crippen LogP contribution in [0.1, 0.15) is 69.7 Å². The summed E-state index contributed by atoms with van der Waals surface area (Å²) in [5, 5.41) is 9.80. The number of thioether (sulfide) groups is 1. The van der Waals surface area contributed by atoms with Crippen molar-refractivity contribution in [1.29, 1.82) is 0 Å². The SMILES string of the molecule is CC(Sc1nnc(CN2CCCCC2)n1Cc1ccccc1)C(=O)N(C)C1CCCCC1. The lowest BCUT2D eigenvalue weighted by Gasteiger charge is -2.32. The maximum absolute atomic E-state index is 13.2. The summed E-state index contributed by atoms with van der Waals surface area (Å²) in [6.07, 6.45) is 9.85. The third-order valence-electron chi connectivity index (χ3n) is 6.89. The molecule has 4 rings (SSSR count). The van der Waals surface area contributed by atoms with E-state index in [4.69, 9.17) is 0 Å². The van der Waals surface area contributed by atoms with Crippen LogP contribution in [0.4, 0.5) is 0 Å². The minimum atomic E-state index is -0.177. The Morgan fingerprint density at radius 1 is 1.03 bits per heavy atom. The number of carbonyl (C=O) groups excluding carboxylic acids is 1. The molecule has 1 aromatic carbocycles. The smallest absolute Gasteiger partial charge is 0.235 e. The molecule has 0 spiro atoms. The Kier molecular flexibility index (Phi) is 8.25. The fraction of sp³-hybridized carbons (Fsp3) is 0.640. The normalized spacial score (nSPS) is 19.1. The predicted octanol–water partition coefficient (Wildman–Crippen LogP) is 4.58. The molecule has 1 saturated heterocycles. The molecule has 1 aliphatic heterocycles. The highest BCUT2D eigenvalue weighted by Gasteiger charge is 2.28. The minimum Gasteiger partial charge on any atom is -0.342 e. The van der Waals surface area contributed by atoms with Crippen molar-refractivity contribution >= 4 is 17.7 Å². The van der Waals surface area contributed by atoms with Crippen LogP contribution in [0.15, 0.2) is 35.5 Å². The van der Waals surface area contributed by atoms with Gasteiger partial charge in [0.05, 0.1) is 18.3 Å². The number of benzene rings is 1. The lowest BCUT2D eigenvalue weighted by molar-refractivity contribution is -0.131. The van der Waals surface area contributed by atoms with Gasteiger partial charge in [-0.3, -0.25) is 9.69 Å². The molecule has 1 aliphatic carbocycles. The third-order valence-corrected chi connectivity index (χ3v) is 7.96. The molecule has 0 radical (unpaired) electrons. The highest BCUT2D eigenvalue weighted by molar-refractivity contribution is 8.00. The van der Waals surface area contributed by atoms with Gasteiger partial charge in [0.15, 0.2) is 5.16 Å². The van der Waals surface area contributed by atoms with Crippen molar-refractivity contribution in [2.45, 2.75) is 87.8 Å². The third kappa shape index (κ3) is 5.93. The largest absolute Gasteiger partial charge is 0.342 e. The fourth-order valence-corrected chi connectivity index (χ4v) is 5.88. The number of aromatic nitrogens is 3. The average Bonchev–Trinajstić information content (AvgIpc) is 3.20. The van der Waals surface area contributed by atoms with Gasteiger partial charge in [0.1, 0.15) is 5.82 Å². The van der Waals surface area contributed by atoms with E-state index >= 15 is 0 Å². The van der Waals surface area contributed by atoms with Gasteiger partial charge in [0.2, 0.25) is 5.91 Å². The lowest BCUT2D eigenvalue weighted by atomic mass is 9.94. The molecule has 174 valence electrons. The summed E-state index contributed by atoms with van der Waals surface area (Å²) in [6.45, 7) is 5.82. The van der Waals surface area contributed by atoms with Crippen molar-refractivity contribution < 1.29 is 4.79 Å². The van der Waals surface area contributed by atoms with E-state index in [2.05, 4.69) is 43.9 Å². The van der Waals surface area contributed by atoms with Crippen molar-refractivity contribution in [3.8, 4) is 0 Å². The highest BCUT2D eigenvalue weighted by Crippen LogP contribution is 2.28. The number of likely N-dealkylation sites (tertiary alicyclic amines) is 1. The number of nitrogens with zero attached hydrogens (tertiary/aromatic N) is 5. The van der Waals surface area contributed by atoms with Gasteiger partial charge in [-0.1, -0.05) is 67.8 Å². The minimum absolute atomic E-state index is 0.177. The molecule has 0 N–H and O–H groups in total. The predicted molar refractivity (Wildman–Crippen MR) is 130 cm³/mol. The van der Waals surface area contributed by atoms with Crippen molar-refractivity contribution in [3.63, 3.8) is 0 Å². The number of piperidine rings is 1. The first-order valence-electron chi connectivity index (χ1n) is 12.2. The molecule has 7 heteroatoms. The van der Waals surface area contributed by atoms with E-state index in [1.807, 2.05) is 24.9 Å². The Hall–Kier alpha value is -1.86. The molecule has 1 amide bonds. The van der Waals surface area contributed by atoms with Crippen molar-refractivity contribution in [1.82, 2.24) is 24.6 Å². The molecule has 2 fully saturated rings. The molecule has 0 bridgehead atoms. The number of hydrogen-bond acceptors (Lipinski definition) is 5. The monoisotopic (exact) mass is 455 g/mol. The average molecular weight is 456 g/mol. The second-order valence-corrected chi connectivity index (χ2v) is 10.6. The van der Waals surface area contributed by atoms with Gasteiger partial charge < -0.3 is 9.47 Å². The Morgan fingerprint density at radius 3 is 2.44 bits per heavy atom. The lowest BCUT2D eigenvalue weighted by Crippen LogP contribution is -2.42. The zero-order valence-corrected chi connectivity index (χ0v) is 20.4. The molecule has 1 atom stereocenters. The second kappa shape index (κ2) is 11.3. The van der Waals surface area contributed by atoms with Crippen molar-refractivity contribution in [3.05, 3.63) is 41.7 Å². The van der Waals surface area contributed by atoms with Crippen LogP contribution in [-0.4, -0.2) is 61.9 Å². The molecule has 1 aromatic heterocycles. The van der Waals surface area contributed by atoms with Gasteiger partial charge in [-0.05, 0) is 51.3 Å². The molecular formula is C25H37N5OS. The summed E-state index contributed by atoms with van der Waals surface area (Å²) in [5.41, 5.74) is 1.23. The zero-order valence-electron chi connectivity index (χ0n) is 19.6. The van der Waals surface area contributed by atoms with Crippen molar-refractivity contribution in [2.24, 2.45) is 0 Å². The molecule has 2 aliphatic rings. The molecule has 6 nitrogen and oxygen atoms in total. The second-order valence-electron chi connectivity index (χ2n) is 9.31. The van der Waals surface area contributed by atoms with Crippen LogP contribution >= 0.6 is 11.8 Å². The van der Waals surface area contributed by atoms with Crippen LogP contribution in [0, 0.1) is 0 Å². The van der Waals surface area contributed by atoms with Gasteiger partial charge >= 0.3 is 0 Å². The Labute approximate surface area is 196 Å². The van der Waals surface area contributed by atoms with E-state index in [1.165, 1.54) is 44.1 Å². The van der Waals surface area contributed by atoms with E-state index in [1.54, 1.807) is 11.8 Å². The number of amides is 1. The Morgan fingerprint density at radius 2 is 1.72 bits per heavy atom. The van der Waals surface area contributed by atoms with Gasteiger partial charge in [-0.25, -0.2) is 0 Å². The molecule has 2 aromatic rings. The van der Waals surface area contributed by atoms with Gasteiger partial charge in [-0.15, -0.1) is 10.2 Å². The maximum atomic E-state index is 13.2. The van der Waals surface area contributed by atoms with Gasteiger partial charge in [0, 0.05) is 13.1 Å². The van der Waals surface area contributed by atoms with E-state index in [0.717, 1.165) is 50.0 Å².